The number of halogens is 1. The molecule has 31 heavy (non-hydrogen) atoms. The molecular formula is C23H25FN4O3. The van der Waals surface area contributed by atoms with Gasteiger partial charge in [-0.25, -0.2) is 18.9 Å². The molecule has 1 aliphatic rings. The van der Waals surface area contributed by atoms with Gasteiger partial charge in [0.25, 0.3) is 0 Å². The van der Waals surface area contributed by atoms with E-state index in [2.05, 4.69) is 15.5 Å². The molecule has 162 valence electrons. The highest BCUT2D eigenvalue weighted by Gasteiger charge is 2.41. The highest BCUT2D eigenvalue weighted by Crippen LogP contribution is 2.33. The smallest absolute Gasteiger partial charge is 0.348 e. The third kappa shape index (κ3) is 3.90. The average Bonchev–Trinajstić information content (AvgIpc) is 3.41. The van der Waals surface area contributed by atoms with Crippen LogP contribution in [-0.4, -0.2) is 40.7 Å². The number of benzene rings is 2. The van der Waals surface area contributed by atoms with Gasteiger partial charge in [-0.2, -0.15) is 5.10 Å². The molecular weight excluding hydrogens is 399 g/mol. The van der Waals surface area contributed by atoms with Crippen molar-refractivity contribution in [1.29, 1.82) is 0 Å². The fourth-order valence-corrected chi connectivity index (χ4v) is 4.28. The molecule has 7 nitrogen and oxygen atoms in total. The molecule has 1 saturated heterocycles. The zero-order valence-electron chi connectivity index (χ0n) is 17.6. The van der Waals surface area contributed by atoms with Crippen molar-refractivity contribution in [2.45, 2.75) is 26.2 Å². The fraction of sp³-hybridized carbons (Fsp3) is 0.348. The summed E-state index contributed by atoms with van der Waals surface area (Å²) >= 11 is 0. The van der Waals surface area contributed by atoms with Gasteiger partial charge in [0, 0.05) is 24.8 Å². The Morgan fingerprint density at radius 2 is 2.06 bits per heavy atom. The molecule has 8 heteroatoms. The summed E-state index contributed by atoms with van der Waals surface area (Å²) in [7, 11) is 1.57. The van der Waals surface area contributed by atoms with Crippen molar-refractivity contribution in [3.05, 3.63) is 64.6 Å². The van der Waals surface area contributed by atoms with E-state index in [9.17, 15) is 9.59 Å². The Kier molecular flexibility index (Phi) is 5.73. The number of ether oxygens (including phenoxy) is 1. The minimum atomic E-state index is -0.630. The van der Waals surface area contributed by atoms with Crippen molar-refractivity contribution < 1.29 is 13.9 Å². The van der Waals surface area contributed by atoms with E-state index < -0.39 is 16.9 Å². The zero-order valence-corrected chi connectivity index (χ0v) is 17.6. The van der Waals surface area contributed by atoms with E-state index >= 15 is 4.39 Å². The van der Waals surface area contributed by atoms with Gasteiger partial charge in [-0.15, -0.1) is 0 Å². The third-order valence-electron chi connectivity index (χ3n) is 5.99. The summed E-state index contributed by atoms with van der Waals surface area (Å²) in [5.41, 5.74) is 0.401. The van der Waals surface area contributed by atoms with E-state index in [1.807, 2.05) is 31.2 Å². The van der Waals surface area contributed by atoms with Crippen molar-refractivity contribution in [1.82, 2.24) is 20.1 Å². The van der Waals surface area contributed by atoms with Crippen molar-refractivity contribution in [2.24, 2.45) is 5.41 Å². The standard InChI is InChI=1S/C23H25FN4O3/c1-3-20(29)23(9-10-25-14-23)13-21-26-27-22(30)28(21)19-8-7-16(12-18(19)24)15-5-4-6-17(11-15)31-2/h4-8,11-12,25H,3,9-10,13-14H2,1-2H3,(H,27,30)/t23-/m0/s1. The number of hydrogen-bond donors (Lipinski definition) is 2. The van der Waals surface area contributed by atoms with Crippen molar-refractivity contribution >= 4 is 5.78 Å². The van der Waals surface area contributed by atoms with E-state index in [0.29, 0.717) is 36.5 Å². The molecule has 1 aliphatic heterocycles. The molecule has 0 spiro atoms. The fourth-order valence-electron chi connectivity index (χ4n) is 4.28. The topological polar surface area (TPSA) is 89.0 Å². The molecule has 0 aliphatic carbocycles. The summed E-state index contributed by atoms with van der Waals surface area (Å²) in [6.45, 7) is 3.08. The predicted molar refractivity (Wildman–Crippen MR) is 115 cm³/mol. The minimum Gasteiger partial charge on any atom is -0.497 e. The first kappa shape index (κ1) is 21.0. The molecule has 0 unspecified atom stereocenters. The second-order valence-electron chi connectivity index (χ2n) is 7.84. The number of hydrogen-bond acceptors (Lipinski definition) is 5. The number of methoxy groups -OCH3 is 1. The van der Waals surface area contributed by atoms with E-state index in [1.54, 1.807) is 19.2 Å². The predicted octanol–water partition coefficient (Wildman–Crippen LogP) is 2.88. The summed E-state index contributed by atoms with van der Waals surface area (Å²) in [6.07, 6.45) is 1.33. The first-order valence-electron chi connectivity index (χ1n) is 10.3. The largest absolute Gasteiger partial charge is 0.497 e. The number of rotatable bonds is 7. The monoisotopic (exact) mass is 424 g/mol. The first-order valence-corrected chi connectivity index (χ1v) is 10.3. The molecule has 2 N–H and O–H groups in total. The molecule has 2 aromatic carbocycles. The number of carbonyl (C=O) groups excluding carboxylic acids is 1. The maximum absolute atomic E-state index is 15.2. The van der Waals surface area contributed by atoms with Crippen LogP contribution in [0.1, 0.15) is 25.6 Å². The number of H-pyrrole nitrogens is 1. The maximum Gasteiger partial charge on any atom is 0.348 e. The average molecular weight is 424 g/mol. The molecule has 0 saturated carbocycles. The van der Waals surface area contributed by atoms with Crippen molar-refractivity contribution in [3.8, 4) is 22.6 Å². The summed E-state index contributed by atoms with van der Waals surface area (Å²) < 4.78 is 21.6. The summed E-state index contributed by atoms with van der Waals surface area (Å²) in [5.74, 6) is 0.591. The van der Waals surface area contributed by atoms with E-state index in [1.165, 1.54) is 10.6 Å². The molecule has 0 radical (unpaired) electrons. The van der Waals surface area contributed by atoms with Gasteiger partial charge in [-0.1, -0.05) is 25.1 Å². The summed E-state index contributed by atoms with van der Waals surface area (Å²) in [5, 5.41) is 9.77. The maximum atomic E-state index is 15.2. The van der Waals surface area contributed by atoms with Crippen LogP contribution in [0.25, 0.3) is 16.8 Å². The van der Waals surface area contributed by atoms with Gasteiger partial charge in [-0.3, -0.25) is 4.79 Å². The molecule has 1 fully saturated rings. The lowest BCUT2D eigenvalue weighted by atomic mass is 9.78. The van der Waals surface area contributed by atoms with Gasteiger partial charge < -0.3 is 10.1 Å². The minimum absolute atomic E-state index is 0.102. The van der Waals surface area contributed by atoms with Crippen LogP contribution in [0.4, 0.5) is 4.39 Å². The quantitative estimate of drug-likeness (QED) is 0.609. The van der Waals surface area contributed by atoms with Crippen LogP contribution < -0.4 is 15.7 Å². The Balaban J connectivity index is 1.72. The number of nitrogens with zero attached hydrogens (tertiary/aromatic N) is 2. The van der Waals surface area contributed by atoms with Crippen molar-refractivity contribution in [3.63, 3.8) is 0 Å². The van der Waals surface area contributed by atoms with Crippen LogP contribution in [0, 0.1) is 11.2 Å². The Bertz CT molecular complexity index is 1160. The second kappa shape index (κ2) is 8.47. The van der Waals surface area contributed by atoms with Gasteiger partial charge in [0.15, 0.2) is 0 Å². The van der Waals surface area contributed by atoms with Gasteiger partial charge in [-0.05, 0) is 48.4 Å². The molecule has 1 aromatic heterocycles. The zero-order chi connectivity index (χ0) is 22.0. The molecule has 0 bridgehead atoms. The third-order valence-corrected chi connectivity index (χ3v) is 5.99. The Hall–Kier alpha value is -3.26. The summed E-state index contributed by atoms with van der Waals surface area (Å²) in [4.78, 5) is 25.2. The Morgan fingerprint density at radius 3 is 2.74 bits per heavy atom. The second-order valence-corrected chi connectivity index (χ2v) is 7.84. The number of carbonyl (C=O) groups is 1. The molecule has 4 rings (SSSR count). The molecule has 1 atom stereocenters. The highest BCUT2D eigenvalue weighted by atomic mass is 19.1. The van der Waals surface area contributed by atoms with Crippen molar-refractivity contribution in [2.75, 3.05) is 20.2 Å². The van der Waals surface area contributed by atoms with Crippen LogP contribution in [0.15, 0.2) is 47.3 Å². The van der Waals surface area contributed by atoms with Gasteiger partial charge >= 0.3 is 5.69 Å². The van der Waals surface area contributed by atoms with Gasteiger partial charge in [0.2, 0.25) is 0 Å². The highest BCUT2D eigenvalue weighted by molar-refractivity contribution is 5.85. The molecule has 2 heterocycles. The van der Waals surface area contributed by atoms with E-state index in [4.69, 9.17) is 4.74 Å². The lowest BCUT2D eigenvalue weighted by Crippen LogP contribution is -2.36. The lowest BCUT2D eigenvalue weighted by molar-refractivity contribution is -0.127. The van der Waals surface area contributed by atoms with E-state index in [0.717, 1.165) is 12.1 Å². The van der Waals surface area contributed by atoms with Crippen LogP contribution in [0.3, 0.4) is 0 Å². The SMILES string of the molecule is CCC(=O)[C@]1(Cc2n[nH]c(=O)n2-c2ccc(-c3cccc(OC)c3)cc2F)CCNC1. The number of Topliss-reactive ketones (excluding diaryl/α,β-unsaturated/α-hetero) is 1. The number of nitrogens with one attached hydrogen (secondary N) is 2. The van der Waals surface area contributed by atoms with Gasteiger partial charge in [0.05, 0.1) is 12.8 Å². The first-order chi connectivity index (χ1) is 15.0. The molecule has 0 amide bonds. The Labute approximate surface area is 179 Å². The number of ketones is 1. The number of aromatic nitrogens is 3. The van der Waals surface area contributed by atoms with Gasteiger partial charge in [0.1, 0.15) is 23.2 Å². The van der Waals surface area contributed by atoms with Crippen LogP contribution >= 0.6 is 0 Å². The van der Waals surface area contributed by atoms with Crippen LogP contribution in [0.2, 0.25) is 0 Å². The normalized spacial score (nSPS) is 18.3. The van der Waals surface area contributed by atoms with E-state index in [-0.39, 0.29) is 17.9 Å². The van der Waals surface area contributed by atoms with Crippen LogP contribution in [-0.2, 0) is 11.2 Å². The Morgan fingerprint density at radius 1 is 1.26 bits per heavy atom. The number of aromatic amines is 1. The molecule has 3 aromatic rings. The lowest BCUT2D eigenvalue weighted by Gasteiger charge is -2.25. The van der Waals surface area contributed by atoms with Crippen LogP contribution in [0.5, 0.6) is 5.75 Å². The summed E-state index contributed by atoms with van der Waals surface area (Å²) in [6, 6.07) is 12.0.